The highest BCUT2D eigenvalue weighted by atomic mass is 32.2. The minimum absolute atomic E-state index is 0.0328. The SMILES string of the molecule is Cc1cc(C)nc(NS(=O)(=O)c2ccc(NC(=O)Cn3nc(C(F)(F)F)cc3C3CC3)cc2)n1. The van der Waals surface area contributed by atoms with Crippen molar-refractivity contribution in [3.8, 4) is 0 Å². The molecule has 1 fully saturated rings. The van der Waals surface area contributed by atoms with E-state index in [1.165, 1.54) is 24.3 Å². The number of aryl methyl sites for hydroxylation is 2. The Morgan fingerprint density at radius 1 is 1.09 bits per heavy atom. The van der Waals surface area contributed by atoms with Gasteiger partial charge in [0.15, 0.2) is 5.69 Å². The van der Waals surface area contributed by atoms with Crippen molar-refractivity contribution >= 4 is 27.6 Å². The van der Waals surface area contributed by atoms with Gasteiger partial charge in [-0.3, -0.25) is 9.48 Å². The van der Waals surface area contributed by atoms with Gasteiger partial charge in [-0.25, -0.2) is 23.1 Å². The maximum absolute atomic E-state index is 13.0. The molecule has 34 heavy (non-hydrogen) atoms. The molecule has 180 valence electrons. The van der Waals surface area contributed by atoms with Crippen LogP contribution in [0.15, 0.2) is 41.3 Å². The van der Waals surface area contributed by atoms with Crippen LogP contribution in [0.25, 0.3) is 0 Å². The van der Waals surface area contributed by atoms with Crippen LogP contribution in [0.1, 0.15) is 41.5 Å². The molecule has 0 radical (unpaired) electrons. The van der Waals surface area contributed by atoms with Crippen LogP contribution in [0.5, 0.6) is 0 Å². The zero-order valence-electron chi connectivity index (χ0n) is 18.2. The smallest absolute Gasteiger partial charge is 0.324 e. The third-order valence-corrected chi connectivity index (χ3v) is 6.39. The van der Waals surface area contributed by atoms with Crippen molar-refractivity contribution in [2.45, 2.75) is 50.2 Å². The Balaban J connectivity index is 1.44. The Morgan fingerprint density at radius 2 is 1.71 bits per heavy atom. The van der Waals surface area contributed by atoms with Crippen LogP contribution in [0.2, 0.25) is 0 Å². The van der Waals surface area contributed by atoms with E-state index in [-0.39, 0.29) is 22.4 Å². The van der Waals surface area contributed by atoms with Crippen LogP contribution in [-0.4, -0.2) is 34.1 Å². The second-order valence-corrected chi connectivity index (χ2v) is 9.72. The standard InChI is InChI=1S/C21H21F3N6O3S/c1-12-9-13(2)26-20(25-12)29-34(32,33)16-7-5-15(6-8-16)27-19(31)11-30-17(14-3-4-14)10-18(28-30)21(22,23)24/h5-10,14H,3-4,11H2,1-2H3,(H,27,31)(H,25,26,29). The molecule has 1 aliphatic rings. The molecule has 0 bridgehead atoms. The van der Waals surface area contributed by atoms with Crippen LogP contribution in [-0.2, 0) is 27.5 Å². The average molecular weight is 494 g/mol. The molecule has 2 aromatic heterocycles. The quantitative estimate of drug-likeness (QED) is 0.518. The van der Waals surface area contributed by atoms with Gasteiger partial charge in [0.25, 0.3) is 10.0 Å². The first-order chi connectivity index (χ1) is 15.9. The Labute approximate surface area is 193 Å². The molecule has 0 atom stereocenters. The molecule has 1 aromatic carbocycles. The van der Waals surface area contributed by atoms with Crippen molar-refractivity contribution in [2.75, 3.05) is 10.0 Å². The van der Waals surface area contributed by atoms with Gasteiger partial charge in [0.05, 0.1) is 4.90 Å². The molecule has 1 aliphatic carbocycles. The molecule has 9 nitrogen and oxygen atoms in total. The summed E-state index contributed by atoms with van der Waals surface area (Å²) in [7, 11) is -3.97. The topological polar surface area (TPSA) is 119 Å². The minimum Gasteiger partial charge on any atom is -0.324 e. The van der Waals surface area contributed by atoms with Crippen molar-refractivity contribution in [1.82, 2.24) is 19.7 Å². The number of alkyl halides is 3. The van der Waals surface area contributed by atoms with E-state index >= 15 is 0 Å². The number of amides is 1. The van der Waals surface area contributed by atoms with Crippen LogP contribution in [0, 0.1) is 13.8 Å². The van der Waals surface area contributed by atoms with E-state index in [2.05, 4.69) is 25.1 Å². The second kappa shape index (κ2) is 8.70. The van der Waals surface area contributed by atoms with E-state index in [0.29, 0.717) is 17.1 Å². The molecule has 2 heterocycles. The van der Waals surface area contributed by atoms with E-state index in [4.69, 9.17) is 0 Å². The van der Waals surface area contributed by atoms with E-state index in [0.717, 1.165) is 23.6 Å². The Morgan fingerprint density at radius 3 is 2.26 bits per heavy atom. The maximum Gasteiger partial charge on any atom is 0.435 e. The highest BCUT2D eigenvalue weighted by Crippen LogP contribution is 2.42. The Kier molecular flexibility index (Phi) is 6.06. The summed E-state index contributed by atoms with van der Waals surface area (Å²) < 4.78 is 67.7. The van der Waals surface area contributed by atoms with E-state index in [1.807, 2.05) is 0 Å². The summed E-state index contributed by atoms with van der Waals surface area (Å²) in [6.45, 7) is 3.03. The molecule has 2 N–H and O–H groups in total. The summed E-state index contributed by atoms with van der Waals surface area (Å²) in [5, 5.41) is 6.10. The fraction of sp³-hybridized carbons (Fsp3) is 0.333. The number of carbonyl (C=O) groups is 1. The number of hydrogen-bond donors (Lipinski definition) is 2. The number of rotatable bonds is 7. The number of aromatic nitrogens is 4. The van der Waals surface area contributed by atoms with Gasteiger partial charge in [-0.15, -0.1) is 0 Å². The number of anilines is 2. The monoisotopic (exact) mass is 494 g/mol. The number of benzene rings is 1. The summed E-state index contributed by atoms with van der Waals surface area (Å²) in [4.78, 5) is 20.4. The van der Waals surface area contributed by atoms with Gasteiger partial charge in [-0.05, 0) is 63.1 Å². The van der Waals surface area contributed by atoms with E-state index in [9.17, 15) is 26.4 Å². The molecule has 4 rings (SSSR count). The van der Waals surface area contributed by atoms with Gasteiger partial charge >= 0.3 is 6.18 Å². The van der Waals surface area contributed by atoms with Crippen LogP contribution >= 0.6 is 0 Å². The predicted octanol–water partition coefficient (Wildman–Crippen LogP) is 3.63. The molecular weight excluding hydrogens is 473 g/mol. The number of nitrogens with one attached hydrogen (secondary N) is 2. The van der Waals surface area contributed by atoms with E-state index < -0.39 is 34.3 Å². The number of nitrogens with zero attached hydrogens (tertiary/aromatic N) is 4. The molecular formula is C21H21F3N6O3S. The van der Waals surface area contributed by atoms with Crippen molar-refractivity contribution in [3.63, 3.8) is 0 Å². The molecule has 0 unspecified atom stereocenters. The lowest BCUT2D eigenvalue weighted by Gasteiger charge is -2.10. The van der Waals surface area contributed by atoms with Gasteiger partial charge in [-0.2, -0.15) is 18.3 Å². The number of halogens is 3. The van der Waals surface area contributed by atoms with Gasteiger partial charge in [-0.1, -0.05) is 0 Å². The first kappa shape index (κ1) is 23.7. The van der Waals surface area contributed by atoms with Gasteiger partial charge in [0, 0.05) is 28.7 Å². The van der Waals surface area contributed by atoms with Crippen molar-refractivity contribution < 1.29 is 26.4 Å². The van der Waals surface area contributed by atoms with Crippen LogP contribution < -0.4 is 10.0 Å². The zero-order valence-corrected chi connectivity index (χ0v) is 19.0. The minimum atomic E-state index is -4.59. The summed E-state index contributed by atoms with van der Waals surface area (Å²) in [5.74, 6) is -0.676. The lowest BCUT2D eigenvalue weighted by molar-refractivity contribution is -0.141. The zero-order chi connectivity index (χ0) is 24.7. The van der Waals surface area contributed by atoms with Crippen molar-refractivity contribution in [3.05, 3.63) is 59.2 Å². The number of hydrogen-bond acceptors (Lipinski definition) is 6. The second-order valence-electron chi connectivity index (χ2n) is 8.04. The maximum atomic E-state index is 13.0. The summed E-state index contributed by atoms with van der Waals surface area (Å²) in [6.07, 6.45) is -3.09. The highest BCUT2D eigenvalue weighted by Gasteiger charge is 2.38. The fourth-order valence-corrected chi connectivity index (χ4v) is 4.35. The first-order valence-electron chi connectivity index (χ1n) is 10.3. The van der Waals surface area contributed by atoms with Gasteiger partial charge in [0.1, 0.15) is 6.54 Å². The van der Waals surface area contributed by atoms with Crippen LogP contribution in [0.3, 0.4) is 0 Å². The molecule has 0 aliphatic heterocycles. The third kappa shape index (κ3) is 5.53. The highest BCUT2D eigenvalue weighted by molar-refractivity contribution is 7.92. The lowest BCUT2D eigenvalue weighted by atomic mass is 10.2. The fourth-order valence-electron chi connectivity index (χ4n) is 3.41. The normalized spacial score (nSPS) is 14.1. The van der Waals surface area contributed by atoms with Crippen LogP contribution in [0.4, 0.5) is 24.8 Å². The Bertz CT molecular complexity index is 1310. The summed E-state index contributed by atoms with van der Waals surface area (Å²) >= 11 is 0. The molecule has 3 aromatic rings. The number of carbonyl (C=O) groups excluding carboxylic acids is 1. The summed E-state index contributed by atoms with van der Waals surface area (Å²) in [5.41, 5.74) is 0.837. The third-order valence-electron chi connectivity index (χ3n) is 5.05. The summed E-state index contributed by atoms with van der Waals surface area (Å²) in [6, 6.07) is 8.01. The number of sulfonamides is 1. The predicted molar refractivity (Wildman–Crippen MR) is 117 cm³/mol. The van der Waals surface area contributed by atoms with Gasteiger partial charge in [0.2, 0.25) is 11.9 Å². The van der Waals surface area contributed by atoms with Crippen molar-refractivity contribution in [1.29, 1.82) is 0 Å². The molecule has 1 amide bonds. The molecule has 1 saturated carbocycles. The molecule has 13 heteroatoms. The Hall–Kier alpha value is -3.48. The average Bonchev–Trinajstić information content (AvgIpc) is 3.46. The first-order valence-corrected chi connectivity index (χ1v) is 11.8. The lowest BCUT2D eigenvalue weighted by Crippen LogP contribution is -2.21. The largest absolute Gasteiger partial charge is 0.435 e. The molecule has 0 saturated heterocycles. The van der Waals surface area contributed by atoms with Crippen molar-refractivity contribution in [2.24, 2.45) is 0 Å². The van der Waals surface area contributed by atoms with Gasteiger partial charge < -0.3 is 5.32 Å². The molecule has 0 spiro atoms. The van der Waals surface area contributed by atoms with E-state index in [1.54, 1.807) is 19.9 Å².